The Morgan fingerprint density at radius 1 is 0.826 bits per heavy atom. The second kappa shape index (κ2) is 5.88. The fourth-order valence-corrected chi connectivity index (χ4v) is 2.45. The molecule has 0 saturated carbocycles. The summed E-state index contributed by atoms with van der Waals surface area (Å²) in [4.78, 5) is 0. The van der Waals surface area contributed by atoms with Crippen molar-refractivity contribution in [2.45, 2.75) is 6.42 Å². The molecule has 23 heavy (non-hydrogen) atoms. The average molecular weight is 302 g/mol. The molecule has 4 aromatic rings. The van der Waals surface area contributed by atoms with Crippen LogP contribution in [-0.2, 0) is 6.42 Å². The summed E-state index contributed by atoms with van der Waals surface area (Å²) in [6, 6.07) is 22.2. The van der Waals surface area contributed by atoms with Crippen molar-refractivity contribution in [3.05, 3.63) is 84.1 Å². The van der Waals surface area contributed by atoms with Crippen LogP contribution in [0.2, 0.25) is 0 Å². The van der Waals surface area contributed by atoms with Crippen molar-refractivity contribution in [2.75, 3.05) is 0 Å². The van der Waals surface area contributed by atoms with Crippen molar-refractivity contribution in [3.63, 3.8) is 0 Å². The second-order valence-corrected chi connectivity index (χ2v) is 5.15. The van der Waals surface area contributed by atoms with Crippen LogP contribution in [0.4, 0.5) is 0 Å². The molecule has 0 aliphatic heterocycles. The highest BCUT2D eigenvalue weighted by molar-refractivity contribution is 5.41. The molecule has 112 valence electrons. The maximum absolute atomic E-state index is 5.96. The van der Waals surface area contributed by atoms with Gasteiger partial charge in [0.15, 0.2) is 5.65 Å². The van der Waals surface area contributed by atoms with Crippen LogP contribution in [0, 0.1) is 0 Å². The molecule has 2 aromatic heterocycles. The fraction of sp³-hybridized carbons (Fsp3) is 0.0556. The molecule has 0 radical (unpaired) electrons. The maximum Gasteiger partial charge on any atom is 0.344 e. The van der Waals surface area contributed by atoms with Gasteiger partial charge in [-0.25, -0.2) is 0 Å². The van der Waals surface area contributed by atoms with Gasteiger partial charge in [0.05, 0.1) is 0 Å². The molecular formula is C18H14N4O. The maximum atomic E-state index is 5.96. The van der Waals surface area contributed by atoms with E-state index < -0.39 is 0 Å². The molecule has 0 aliphatic rings. The van der Waals surface area contributed by atoms with Crippen molar-refractivity contribution in [1.82, 2.24) is 19.8 Å². The highest BCUT2D eigenvalue weighted by atomic mass is 16.5. The van der Waals surface area contributed by atoms with E-state index in [2.05, 4.69) is 33.5 Å². The summed E-state index contributed by atoms with van der Waals surface area (Å²) in [7, 11) is 0. The van der Waals surface area contributed by atoms with Crippen molar-refractivity contribution >= 4 is 5.65 Å². The molecule has 5 heteroatoms. The monoisotopic (exact) mass is 302 g/mol. The Morgan fingerprint density at radius 3 is 2.57 bits per heavy atom. The Hall–Kier alpha value is -3.21. The molecule has 0 amide bonds. The topological polar surface area (TPSA) is 52.3 Å². The summed E-state index contributed by atoms with van der Waals surface area (Å²) >= 11 is 0. The molecular weight excluding hydrogens is 288 g/mol. The third kappa shape index (κ3) is 2.76. The van der Waals surface area contributed by atoms with E-state index in [-0.39, 0.29) is 0 Å². The van der Waals surface area contributed by atoms with E-state index in [1.807, 2.05) is 48.5 Å². The van der Waals surface area contributed by atoms with Gasteiger partial charge >= 0.3 is 6.01 Å². The van der Waals surface area contributed by atoms with Gasteiger partial charge in [0, 0.05) is 12.6 Å². The summed E-state index contributed by atoms with van der Waals surface area (Å²) in [5, 5.41) is 12.3. The standard InChI is InChI=1S/C18H14N4O/c1-2-7-14(8-3-1)13-15-9-4-5-10-16(15)23-18-21-20-17-11-6-12-19-22(17)18/h1-12H,13H2. The lowest BCUT2D eigenvalue weighted by Gasteiger charge is -2.09. The minimum Gasteiger partial charge on any atom is -0.423 e. The van der Waals surface area contributed by atoms with E-state index in [0.717, 1.165) is 17.7 Å². The van der Waals surface area contributed by atoms with Gasteiger partial charge < -0.3 is 4.74 Å². The number of ether oxygens (including phenoxy) is 1. The molecule has 0 N–H and O–H groups in total. The van der Waals surface area contributed by atoms with Gasteiger partial charge in [-0.05, 0) is 29.3 Å². The predicted octanol–water partition coefficient (Wildman–Crippen LogP) is 3.51. The van der Waals surface area contributed by atoms with Gasteiger partial charge in [0.25, 0.3) is 0 Å². The highest BCUT2D eigenvalue weighted by Gasteiger charge is 2.11. The third-order valence-corrected chi connectivity index (χ3v) is 3.56. The quantitative estimate of drug-likeness (QED) is 0.579. The molecule has 0 bridgehead atoms. The number of rotatable bonds is 4. The lowest BCUT2D eigenvalue weighted by molar-refractivity contribution is 0.424. The van der Waals surface area contributed by atoms with E-state index in [0.29, 0.717) is 11.7 Å². The van der Waals surface area contributed by atoms with Crippen molar-refractivity contribution in [2.24, 2.45) is 0 Å². The summed E-state index contributed by atoms with van der Waals surface area (Å²) in [6.45, 7) is 0. The van der Waals surface area contributed by atoms with Crippen LogP contribution in [-0.4, -0.2) is 19.8 Å². The molecule has 5 nitrogen and oxygen atoms in total. The third-order valence-electron chi connectivity index (χ3n) is 3.56. The van der Waals surface area contributed by atoms with Crippen LogP contribution in [0.1, 0.15) is 11.1 Å². The normalized spacial score (nSPS) is 10.8. The minimum absolute atomic E-state index is 0.362. The number of para-hydroxylation sites is 1. The molecule has 0 spiro atoms. The number of hydrogen-bond donors (Lipinski definition) is 0. The van der Waals surface area contributed by atoms with E-state index in [9.17, 15) is 0 Å². The zero-order chi connectivity index (χ0) is 15.5. The second-order valence-electron chi connectivity index (χ2n) is 5.15. The first-order valence-corrected chi connectivity index (χ1v) is 7.36. The largest absolute Gasteiger partial charge is 0.423 e. The fourth-order valence-electron chi connectivity index (χ4n) is 2.45. The van der Waals surface area contributed by atoms with Gasteiger partial charge in [-0.15, -0.1) is 5.10 Å². The zero-order valence-corrected chi connectivity index (χ0v) is 12.3. The molecule has 0 fully saturated rings. The van der Waals surface area contributed by atoms with E-state index in [1.165, 1.54) is 5.56 Å². The first kappa shape index (κ1) is 13.5. The van der Waals surface area contributed by atoms with E-state index >= 15 is 0 Å². The molecule has 0 atom stereocenters. The van der Waals surface area contributed by atoms with Crippen molar-refractivity contribution in [3.8, 4) is 11.8 Å². The highest BCUT2D eigenvalue weighted by Crippen LogP contribution is 2.26. The predicted molar refractivity (Wildman–Crippen MR) is 86.5 cm³/mol. The Morgan fingerprint density at radius 2 is 1.65 bits per heavy atom. The van der Waals surface area contributed by atoms with Gasteiger partial charge in [-0.3, -0.25) is 0 Å². The first-order valence-electron chi connectivity index (χ1n) is 7.36. The zero-order valence-electron chi connectivity index (χ0n) is 12.3. The number of nitrogens with zero attached hydrogens (tertiary/aromatic N) is 4. The molecule has 2 aromatic carbocycles. The van der Waals surface area contributed by atoms with E-state index in [1.54, 1.807) is 10.7 Å². The van der Waals surface area contributed by atoms with Crippen LogP contribution in [0.5, 0.6) is 11.8 Å². The molecule has 2 heterocycles. The summed E-state index contributed by atoms with van der Waals surface area (Å²) in [6.07, 6.45) is 2.47. The van der Waals surface area contributed by atoms with Crippen LogP contribution in [0.25, 0.3) is 5.65 Å². The Kier molecular flexibility index (Phi) is 3.44. The number of hydrogen-bond acceptors (Lipinski definition) is 4. The van der Waals surface area contributed by atoms with Crippen LogP contribution >= 0.6 is 0 Å². The van der Waals surface area contributed by atoms with Crippen molar-refractivity contribution < 1.29 is 4.74 Å². The smallest absolute Gasteiger partial charge is 0.344 e. The van der Waals surface area contributed by atoms with E-state index in [4.69, 9.17) is 4.74 Å². The first-order chi connectivity index (χ1) is 11.4. The minimum atomic E-state index is 0.362. The summed E-state index contributed by atoms with van der Waals surface area (Å²) in [5.74, 6) is 0.760. The van der Waals surface area contributed by atoms with Gasteiger partial charge in [-0.2, -0.15) is 9.61 Å². The lowest BCUT2D eigenvalue weighted by Crippen LogP contribution is -1.98. The summed E-state index contributed by atoms with van der Waals surface area (Å²) in [5.41, 5.74) is 2.97. The van der Waals surface area contributed by atoms with Crippen LogP contribution in [0.15, 0.2) is 72.9 Å². The molecule has 4 rings (SSSR count). The Labute approximate surface area is 133 Å². The van der Waals surface area contributed by atoms with Crippen molar-refractivity contribution in [1.29, 1.82) is 0 Å². The van der Waals surface area contributed by atoms with Crippen LogP contribution < -0.4 is 4.74 Å². The number of fused-ring (bicyclic) bond motifs is 1. The van der Waals surface area contributed by atoms with Crippen LogP contribution in [0.3, 0.4) is 0 Å². The molecule has 0 saturated heterocycles. The lowest BCUT2D eigenvalue weighted by atomic mass is 10.0. The summed E-state index contributed by atoms with van der Waals surface area (Å²) < 4.78 is 7.54. The number of benzene rings is 2. The average Bonchev–Trinajstić information content (AvgIpc) is 3.01. The Bertz CT molecular complexity index is 934. The molecule has 0 aliphatic carbocycles. The van der Waals surface area contributed by atoms with Gasteiger partial charge in [0.2, 0.25) is 0 Å². The van der Waals surface area contributed by atoms with Gasteiger partial charge in [-0.1, -0.05) is 53.6 Å². The SMILES string of the molecule is c1ccc(Cc2ccccc2Oc2nnc3cccnn23)cc1. The van der Waals surface area contributed by atoms with Gasteiger partial charge in [0.1, 0.15) is 5.75 Å². The Balaban J connectivity index is 1.67. The molecule has 0 unspecified atom stereocenters. The number of aromatic nitrogens is 4.